The molecule has 0 fully saturated rings. The first kappa shape index (κ1) is 19.9. The third kappa shape index (κ3) is 4.69. The fourth-order valence-corrected chi connectivity index (χ4v) is 4.43. The van der Waals surface area contributed by atoms with Gasteiger partial charge in [0.25, 0.3) is 0 Å². The quantitative estimate of drug-likeness (QED) is 0.764. The van der Waals surface area contributed by atoms with Gasteiger partial charge in [-0.2, -0.15) is 0 Å². The predicted molar refractivity (Wildman–Crippen MR) is 108 cm³/mol. The van der Waals surface area contributed by atoms with E-state index in [0.29, 0.717) is 13.0 Å². The standard InChI is InChI=1S/C21H28N2O3S/c1-3-15(2)27(24,25)23-13-17-9-10-21-19(12-17)18(20(22)14-26-21)11-16-7-5-4-6-8-16/h4-10,12,15,18,20,23H,3,11,13-14,22H2,1-2H3. The summed E-state index contributed by atoms with van der Waals surface area (Å²) in [5.41, 5.74) is 9.55. The molecule has 0 amide bonds. The van der Waals surface area contributed by atoms with Crippen molar-refractivity contribution in [2.75, 3.05) is 6.61 Å². The number of hydrogen-bond donors (Lipinski definition) is 2. The van der Waals surface area contributed by atoms with E-state index in [1.807, 2.05) is 43.3 Å². The molecule has 6 heteroatoms. The maximum Gasteiger partial charge on any atom is 0.214 e. The fraction of sp³-hybridized carbons (Fsp3) is 0.429. The van der Waals surface area contributed by atoms with Crippen molar-refractivity contribution < 1.29 is 13.2 Å². The second kappa shape index (κ2) is 8.42. The van der Waals surface area contributed by atoms with Gasteiger partial charge in [0.1, 0.15) is 12.4 Å². The summed E-state index contributed by atoms with van der Waals surface area (Å²) >= 11 is 0. The molecule has 0 radical (unpaired) electrons. The highest BCUT2D eigenvalue weighted by Crippen LogP contribution is 2.36. The smallest absolute Gasteiger partial charge is 0.214 e. The summed E-state index contributed by atoms with van der Waals surface area (Å²) in [4.78, 5) is 0. The number of rotatable bonds is 7. The minimum atomic E-state index is -3.31. The van der Waals surface area contributed by atoms with E-state index in [4.69, 9.17) is 10.5 Å². The Labute approximate surface area is 162 Å². The molecule has 3 unspecified atom stereocenters. The summed E-state index contributed by atoms with van der Waals surface area (Å²) in [6.07, 6.45) is 1.42. The summed E-state index contributed by atoms with van der Waals surface area (Å²) in [6.45, 7) is 4.35. The van der Waals surface area contributed by atoms with Gasteiger partial charge in [-0.1, -0.05) is 49.4 Å². The van der Waals surface area contributed by atoms with E-state index in [2.05, 4.69) is 16.9 Å². The van der Waals surface area contributed by atoms with Crippen LogP contribution in [0.3, 0.4) is 0 Å². The van der Waals surface area contributed by atoms with Crippen molar-refractivity contribution in [1.29, 1.82) is 0 Å². The first-order valence-corrected chi connectivity index (χ1v) is 11.0. The second-order valence-corrected chi connectivity index (χ2v) is 9.41. The minimum absolute atomic E-state index is 0.0928. The number of nitrogens with one attached hydrogen (secondary N) is 1. The van der Waals surface area contributed by atoms with Crippen LogP contribution in [0, 0.1) is 0 Å². The number of benzene rings is 2. The van der Waals surface area contributed by atoms with Gasteiger partial charge in [-0.05, 0) is 42.5 Å². The van der Waals surface area contributed by atoms with E-state index in [1.54, 1.807) is 6.92 Å². The van der Waals surface area contributed by atoms with Crippen LogP contribution in [0.25, 0.3) is 0 Å². The Bertz CT molecular complexity index is 868. The lowest BCUT2D eigenvalue weighted by Gasteiger charge is -2.32. The van der Waals surface area contributed by atoms with Gasteiger partial charge < -0.3 is 10.5 Å². The van der Waals surface area contributed by atoms with Crippen molar-refractivity contribution in [2.24, 2.45) is 5.73 Å². The van der Waals surface area contributed by atoms with Crippen LogP contribution in [0.4, 0.5) is 0 Å². The maximum absolute atomic E-state index is 12.2. The molecule has 3 N–H and O–H groups in total. The van der Waals surface area contributed by atoms with E-state index in [1.165, 1.54) is 5.56 Å². The first-order chi connectivity index (χ1) is 12.9. The summed E-state index contributed by atoms with van der Waals surface area (Å²) < 4.78 is 33.0. The molecule has 0 aliphatic carbocycles. The molecule has 2 aromatic carbocycles. The van der Waals surface area contributed by atoms with Crippen molar-refractivity contribution in [3.63, 3.8) is 0 Å². The van der Waals surface area contributed by atoms with Crippen LogP contribution in [0.5, 0.6) is 5.75 Å². The number of ether oxygens (including phenoxy) is 1. The fourth-order valence-electron chi connectivity index (χ4n) is 3.34. The van der Waals surface area contributed by atoms with Gasteiger partial charge in [0, 0.05) is 18.5 Å². The van der Waals surface area contributed by atoms with Crippen LogP contribution < -0.4 is 15.2 Å². The Balaban J connectivity index is 1.81. The van der Waals surface area contributed by atoms with Crippen LogP contribution in [-0.2, 0) is 23.0 Å². The van der Waals surface area contributed by atoms with E-state index < -0.39 is 15.3 Å². The molecule has 2 aromatic rings. The highest BCUT2D eigenvalue weighted by molar-refractivity contribution is 7.90. The van der Waals surface area contributed by atoms with Crippen LogP contribution in [0.2, 0.25) is 0 Å². The van der Waals surface area contributed by atoms with Crippen LogP contribution in [0.15, 0.2) is 48.5 Å². The van der Waals surface area contributed by atoms with Crippen molar-refractivity contribution in [3.05, 3.63) is 65.2 Å². The average molecular weight is 389 g/mol. The summed E-state index contributed by atoms with van der Waals surface area (Å²) in [6, 6.07) is 16.0. The molecule has 0 bridgehead atoms. The average Bonchev–Trinajstić information content (AvgIpc) is 2.68. The molecule has 5 nitrogen and oxygen atoms in total. The summed E-state index contributed by atoms with van der Waals surface area (Å²) in [5.74, 6) is 0.980. The number of nitrogens with two attached hydrogens (primary N) is 1. The van der Waals surface area contributed by atoms with E-state index in [-0.39, 0.29) is 18.5 Å². The van der Waals surface area contributed by atoms with E-state index in [0.717, 1.165) is 23.3 Å². The number of sulfonamides is 1. The Morgan fingerprint density at radius 2 is 1.93 bits per heavy atom. The zero-order valence-corrected chi connectivity index (χ0v) is 16.7. The Kier molecular flexibility index (Phi) is 6.19. The molecule has 3 atom stereocenters. The Morgan fingerprint density at radius 3 is 2.63 bits per heavy atom. The van der Waals surface area contributed by atoms with Gasteiger partial charge in [0.2, 0.25) is 10.0 Å². The first-order valence-electron chi connectivity index (χ1n) is 9.44. The second-order valence-electron chi connectivity index (χ2n) is 7.23. The van der Waals surface area contributed by atoms with Gasteiger partial charge in [0.15, 0.2) is 0 Å². The van der Waals surface area contributed by atoms with Crippen LogP contribution in [-0.4, -0.2) is 26.3 Å². The number of hydrogen-bond acceptors (Lipinski definition) is 4. The normalized spacial score (nSPS) is 20.6. The van der Waals surface area contributed by atoms with Gasteiger partial charge in [-0.3, -0.25) is 0 Å². The molecule has 146 valence electrons. The molecule has 3 rings (SSSR count). The highest BCUT2D eigenvalue weighted by Gasteiger charge is 2.29. The molecule has 1 aliphatic heterocycles. The maximum atomic E-state index is 12.2. The van der Waals surface area contributed by atoms with E-state index >= 15 is 0 Å². The monoisotopic (exact) mass is 388 g/mol. The zero-order chi connectivity index (χ0) is 19.4. The van der Waals surface area contributed by atoms with Crippen molar-refractivity contribution in [3.8, 4) is 5.75 Å². The molecular weight excluding hydrogens is 360 g/mol. The Hall–Kier alpha value is -1.89. The van der Waals surface area contributed by atoms with Crippen molar-refractivity contribution >= 4 is 10.0 Å². The Morgan fingerprint density at radius 1 is 1.19 bits per heavy atom. The molecule has 1 heterocycles. The van der Waals surface area contributed by atoms with Crippen LogP contribution in [0.1, 0.15) is 42.9 Å². The number of fused-ring (bicyclic) bond motifs is 1. The molecule has 0 saturated carbocycles. The molecular formula is C21H28N2O3S. The van der Waals surface area contributed by atoms with E-state index in [9.17, 15) is 8.42 Å². The van der Waals surface area contributed by atoms with Gasteiger partial charge >= 0.3 is 0 Å². The largest absolute Gasteiger partial charge is 0.492 e. The van der Waals surface area contributed by atoms with Gasteiger partial charge in [-0.15, -0.1) is 0 Å². The summed E-state index contributed by atoms with van der Waals surface area (Å²) in [5, 5.41) is -0.405. The zero-order valence-electron chi connectivity index (χ0n) is 15.9. The van der Waals surface area contributed by atoms with Gasteiger partial charge in [-0.25, -0.2) is 13.1 Å². The lowest BCUT2D eigenvalue weighted by Crippen LogP contribution is -2.39. The lowest BCUT2D eigenvalue weighted by atomic mass is 9.84. The molecule has 1 aliphatic rings. The molecule has 27 heavy (non-hydrogen) atoms. The van der Waals surface area contributed by atoms with Crippen molar-refractivity contribution in [2.45, 2.75) is 50.4 Å². The lowest BCUT2D eigenvalue weighted by molar-refractivity contribution is 0.238. The minimum Gasteiger partial charge on any atom is -0.492 e. The van der Waals surface area contributed by atoms with Gasteiger partial charge in [0.05, 0.1) is 5.25 Å². The highest BCUT2D eigenvalue weighted by atomic mass is 32.2. The topological polar surface area (TPSA) is 81.4 Å². The third-order valence-electron chi connectivity index (χ3n) is 5.30. The predicted octanol–water partition coefficient (Wildman–Crippen LogP) is 2.95. The molecule has 0 aromatic heterocycles. The SMILES string of the molecule is CCC(C)S(=O)(=O)NCc1ccc2c(c1)C(Cc1ccccc1)C(N)CO2. The van der Waals surface area contributed by atoms with Crippen molar-refractivity contribution in [1.82, 2.24) is 4.72 Å². The third-order valence-corrected chi connectivity index (χ3v) is 7.24. The molecule has 0 saturated heterocycles. The molecule has 0 spiro atoms. The summed E-state index contributed by atoms with van der Waals surface area (Å²) in [7, 11) is -3.31. The van der Waals surface area contributed by atoms with Crippen LogP contribution >= 0.6 is 0 Å².